The summed E-state index contributed by atoms with van der Waals surface area (Å²) in [6, 6.07) is 6.56. The highest BCUT2D eigenvalue weighted by atomic mass is 35.5. The topological polar surface area (TPSA) is 87.5 Å². The van der Waals surface area contributed by atoms with Crippen LogP contribution in [0.2, 0.25) is 0 Å². The van der Waals surface area contributed by atoms with E-state index in [0.717, 1.165) is 6.42 Å². The summed E-state index contributed by atoms with van der Waals surface area (Å²) in [6.45, 7) is 4.58. The molecule has 0 aliphatic rings. The lowest BCUT2D eigenvalue weighted by Gasteiger charge is -2.19. The highest BCUT2D eigenvalue weighted by Gasteiger charge is 2.14. The fourth-order valence-corrected chi connectivity index (χ4v) is 2.03. The maximum Gasteiger partial charge on any atom is 0.321 e. The molecule has 1 rings (SSSR count). The molecule has 3 amide bonds. The normalized spacial score (nSPS) is 11.4. The van der Waals surface area contributed by atoms with Crippen molar-refractivity contribution in [1.82, 2.24) is 10.2 Å². The number of benzene rings is 1. The van der Waals surface area contributed by atoms with Gasteiger partial charge in [-0.3, -0.25) is 4.79 Å². The van der Waals surface area contributed by atoms with Crippen molar-refractivity contribution in [2.24, 2.45) is 11.7 Å². The van der Waals surface area contributed by atoms with Crippen LogP contribution >= 0.6 is 12.4 Å². The fourth-order valence-electron chi connectivity index (χ4n) is 2.03. The molecule has 0 bridgehead atoms. The monoisotopic (exact) mass is 342 g/mol. The van der Waals surface area contributed by atoms with Gasteiger partial charge in [0.25, 0.3) is 5.91 Å². The zero-order valence-electron chi connectivity index (χ0n) is 14.1. The highest BCUT2D eigenvalue weighted by Crippen LogP contribution is 2.12. The van der Waals surface area contributed by atoms with Crippen LogP contribution < -0.4 is 16.4 Å². The van der Waals surface area contributed by atoms with Crippen molar-refractivity contribution in [2.75, 3.05) is 26.0 Å². The standard InChI is InChI=1S/C16H26N4O2.ClH/c1-11(2)8-14(10-17)18-15(21)12-6-5-7-13(9-12)19-16(22)20(3)4;/h5-7,9,11,14H,8,10,17H2,1-4H3,(H,18,21)(H,19,22);1H. The van der Waals surface area contributed by atoms with Crippen molar-refractivity contribution in [3.8, 4) is 0 Å². The maximum absolute atomic E-state index is 12.3. The number of carbonyl (C=O) groups is 2. The van der Waals surface area contributed by atoms with Crippen LogP contribution in [0.25, 0.3) is 0 Å². The highest BCUT2D eigenvalue weighted by molar-refractivity contribution is 5.97. The molecular weight excluding hydrogens is 316 g/mol. The molecule has 1 aromatic rings. The Labute approximate surface area is 144 Å². The first-order valence-corrected chi connectivity index (χ1v) is 7.42. The predicted molar refractivity (Wildman–Crippen MR) is 96.2 cm³/mol. The van der Waals surface area contributed by atoms with Crippen molar-refractivity contribution in [3.05, 3.63) is 29.8 Å². The van der Waals surface area contributed by atoms with Gasteiger partial charge >= 0.3 is 6.03 Å². The third-order valence-electron chi connectivity index (χ3n) is 3.16. The summed E-state index contributed by atoms with van der Waals surface area (Å²) >= 11 is 0. The number of hydrogen-bond donors (Lipinski definition) is 3. The zero-order chi connectivity index (χ0) is 16.7. The quantitative estimate of drug-likeness (QED) is 0.741. The Hall–Kier alpha value is -1.79. The van der Waals surface area contributed by atoms with Crippen LogP contribution in [0.3, 0.4) is 0 Å². The molecule has 7 heteroatoms. The summed E-state index contributed by atoms with van der Waals surface area (Å²) in [5.74, 6) is 0.275. The minimum absolute atomic E-state index is 0. The van der Waals surface area contributed by atoms with E-state index >= 15 is 0 Å². The number of anilines is 1. The second kappa shape index (κ2) is 10.1. The van der Waals surface area contributed by atoms with Gasteiger partial charge in [0.05, 0.1) is 0 Å². The van der Waals surface area contributed by atoms with Crippen LogP contribution in [0.5, 0.6) is 0 Å². The molecule has 0 saturated heterocycles. The van der Waals surface area contributed by atoms with E-state index in [1.807, 2.05) is 0 Å². The molecule has 0 aromatic heterocycles. The number of urea groups is 1. The molecule has 0 aliphatic carbocycles. The third-order valence-corrected chi connectivity index (χ3v) is 3.16. The van der Waals surface area contributed by atoms with Gasteiger partial charge in [-0.1, -0.05) is 19.9 Å². The molecule has 1 aromatic carbocycles. The van der Waals surface area contributed by atoms with Gasteiger partial charge in [-0.15, -0.1) is 12.4 Å². The Morgan fingerprint density at radius 2 is 1.91 bits per heavy atom. The van der Waals surface area contributed by atoms with Gasteiger partial charge < -0.3 is 21.3 Å². The molecule has 1 atom stereocenters. The molecule has 1 unspecified atom stereocenters. The molecule has 0 saturated carbocycles. The van der Waals surface area contributed by atoms with Crippen LogP contribution in [-0.4, -0.2) is 43.5 Å². The average molecular weight is 343 g/mol. The lowest BCUT2D eigenvalue weighted by atomic mass is 10.0. The van der Waals surface area contributed by atoms with Crippen molar-refractivity contribution < 1.29 is 9.59 Å². The van der Waals surface area contributed by atoms with E-state index < -0.39 is 0 Å². The van der Waals surface area contributed by atoms with E-state index in [2.05, 4.69) is 24.5 Å². The van der Waals surface area contributed by atoms with Gasteiger partial charge in [0.15, 0.2) is 0 Å². The molecule has 0 fully saturated rings. The number of halogens is 1. The largest absolute Gasteiger partial charge is 0.348 e. The maximum atomic E-state index is 12.3. The average Bonchev–Trinajstić information content (AvgIpc) is 2.46. The summed E-state index contributed by atoms with van der Waals surface area (Å²) in [4.78, 5) is 25.3. The molecule has 23 heavy (non-hydrogen) atoms. The fraction of sp³-hybridized carbons (Fsp3) is 0.500. The zero-order valence-corrected chi connectivity index (χ0v) is 14.9. The van der Waals surface area contributed by atoms with E-state index in [0.29, 0.717) is 23.7 Å². The second-order valence-electron chi connectivity index (χ2n) is 5.94. The van der Waals surface area contributed by atoms with Crippen LogP contribution in [0, 0.1) is 5.92 Å². The van der Waals surface area contributed by atoms with Gasteiger partial charge in [-0.2, -0.15) is 0 Å². The Balaban J connectivity index is 0.00000484. The SMILES string of the molecule is CC(C)CC(CN)NC(=O)c1cccc(NC(=O)N(C)C)c1.Cl. The molecule has 0 heterocycles. The second-order valence-corrected chi connectivity index (χ2v) is 5.94. The number of amides is 3. The summed E-state index contributed by atoms with van der Waals surface area (Å²) in [5.41, 5.74) is 6.78. The van der Waals surface area contributed by atoms with E-state index in [1.54, 1.807) is 38.4 Å². The van der Waals surface area contributed by atoms with Gasteiger partial charge in [-0.05, 0) is 30.5 Å². The first-order valence-electron chi connectivity index (χ1n) is 7.42. The molecule has 0 spiro atoms. The lowest BCUT2D eigenvalue weighted by Crippen LogP contribution is -2.41. The smallest absolute Gasteiger partial charge is 0.321 e. The number of carbonyl (C=O) groups excluding carboxylic acids is 2. The number of hydrogen-bond acceptors (Lipinski definition) is 3. The Bertz CT molecular complexity index is 521. The van der Waals surface area contributed by atoms with Gasteiger partial charge in [-0.25, -0.2) is 4.79 Å². The van der Waals surface area contributed by atoms with Crippen molar-refractivity contribution in [3.63, 3.8) is 0 Å². The minimum atomic E-state index is -0.239. The number of nitrogens with one attached hydrogen (secondary N) is 2. The molecule has 4 N–H and O–H groups in total. The summed E-state index contributed by atoms with van der Waals surface area (Å²) in [7, 11) is 3.31. The molecule has 0 aliphatic heterocycles. The van der Waals surface area contributed by atoms with Crippen LogP contribution in [0.15, 0.2) is 24.3 Å². The van der Waals surface area contributed by atoms with Gasteiger partial charge in [0.1, 0.15) is 0 Å². The van der Waals surface area contributed by atoms with Crippen molar-refractivity contribution in [2.45, 2.75) is 26.3 Å². The molecular formula is C16H27ClN4O2. The molecule has 6 nitrogen and oxygen atoms in total. The predicted octanol–water partition coefficient (Wildman–Crippen LogP) is 2.31. The third kappa shape index (κ3) is 7.34. The van der Waals surface area contributed by atoms with E-state index in [1.165, 1.54) is 4.90 Å². The Kier molecular flexibility index (Phi) is 9.29. The van der Waals surface area contributed by atoms with E-state index in [9.17, 15) is 9.59 Å². The summed E-state index contributed by atoms with van der Waals surface area (Å²) in [5, 5.41) is 5.65. The van der Waals surface area contributed by atoms with Gasteiger partial charge in [0.2, 0.25) is 0 Å². The number of rotatable bonds is 6. The van der Waals surface area contributed by atoms with Crippen LogP contribution in [0.1, 0.15) is 30.6 Å². The number of nitrogens with zero attached hydrogens (tertiary/aromatic N) is 1. The van der Waals surface area contributed by atoms with Crippen molar-refractivity contribution in [1.29, 1.82) is 0 Å². The molecule has 130 valence electrons. The van der Waals surface area contributed by atoms with Crippen LogP contribution in [0.4, 0.5) is 10.5 Å². The Morgan fingerprint density at radius 3 is 2.43 bits per heavy atom. The summed E-state index contributed by atoms with van der Waals surface area (Å²) in [6.07, 6.45) is 0.833. The first kappa shape index (κ1) is 21.2. The number of nitrogens with two attached hydrogens (primary N) is 1. The lowest BCUT2D eigenvalue weighted by molar-refractivity contribution is 0.0933. The van der Waals surface area contributed by atoms with Crippen molar-refractivity contribution >= 4 is 30.0 Å². The van der Waals surface area contributed by atoms with E-state index in [-0.39, 0.29) is 30.4 Å². The molecule has 0 radical (unpaired) electrons. The van der Waals surface area contributed by atoms with Crippen LogP contribution in [-0.2, 0) is 0 Å². The van der Waals surface area contributed by atoms with Gasteiger partial charge in [0, 0.05) is 37.9 Å². The first-order chi connectivity index (χ1) is 10.3. The minimum Gasteiger partial charge on any atom is -0.348 e. The summed E-state index contributed by atoms with van der Waals surface area (Å²) < 4.78 is 0. The van der Waals surface area contributed by atoms with E-state index in [4.69, 9.17) is 5.73 Å². The Morgan fingerprint density at radius 1 is 1.26 bits per heavy atom.